The highest BCUT2D eigenvalue weighted by Crippen LogP contribution is 2.72. The Morgan fingerprint density at radius 2 is 1.58 bits per heavy atom. The third kappa shape index (κ3) is 3.51. The predicted octanol–water partition coefficient (Wildman–Crippen LogP) is 7.22. The lowest BCUT2D eigenvalue weighted by atomic mass is 9.47. The van der Waals surface area contributed by atoms with Gasteiger partial charge in [-0.05, 0) is 92.2 Å². The van der Waals surface area contributed by atoms with Gasteiger partial charge in [-0.3, -0.25) is 0 Å². The van der Waals surface area contributed by atoms with Gasteiger partial charge in [0, 0.05) is 44.0 Å². The first-order valence-corrected chi connectivity index (χ1v) is 15.7. The van der Waals surface area contributed by atoms with E-state index in [0.717, 1.165) is 45.3 Å². The van der Waals surface area contributed by atoms with E-state index in [2.05, 4.69) is 57.1 Å². The second-order valence-electron chi connectivity index (χ2n) is 14.6. The molecule has 5 fully saturated rings. The van der Waals surface area contributed by atoms with Crippen molar-refractivity contribution < 1.29 is 14.6 Å². The third-order valence-corrected chi connectivity index (χ3v) is 12.8. The summed E-state index contributed by atoms with van der Waals surface area (Å²) in [4.78, 5) is 2.20. The number of ether oxygens (including phenoxy) is 2. The number of anilines is 1. The van der Waals surface area contributed by atoms with Gasteiger partial charge in [-0.25, -0.2) is 0 Å². The van der Waals surface area contributed by atoms with Crippen LogP contribution in [0.4, 0.5) is 5.69 Å². The van der Waals surface area contributed by atoms with Crippen LogP contribution in [0.2, 0.25) is 0 Å². The monoisotopic (exact) mass is 519 g/mol. The molecule has 1 heterocycles. The molecule has 6 aliphatic rings. The molecule has 4 nitrogen and oxygen atoms in total. The van der Waals surface area contributed by atoms with Crippen LogP contribution in [0.5, 0.6) is 0 Å². The highest BCUT2D eigenvalue weighted by Gasteiger charge is 2.68. The largest absolute Gasteiger partial charge is 0.389 e. The first kappa shape index (κ1) is 25.6. The smallest absolute Gasteiger partial charge is 0.169 e. The number of allylic oxidation sites excluding steroid dienone is 2. The summed E-state index contributed by atoms with van der Waals surface area (Å²) in [5.74, 6) is 1.88. The minimum Gasteiger partial charge on any atom is -0.389 e. The molecule has 1 aliphatic heterocycles. The van der Waals surface area contributed by atoms with E-state index in [-0.39, 0.29) is 16.6 Å². The van der Waals surface area contributed by atoms with E-state index >= 15 is 0 Å². The number of nitrogens with zero attached hydrogens (tertiary/aromatic N) is 1. The van der Waals surface area contributed by atoms with Crippen LogP contribution in [-0.2, 0) is 9.47 Å². The summed E-state index contributed by atoms with van der Waals surface area (Å²) in [7, 11) is 4.25. The highest BCUT2D eigenvalue weighted by molar-refractivity contribution is 5.49. The molecule has 0 radical (unpaired) electrons. The Bertz CT molecular complexity index is 1100. The van der Waals surface area contributed by atoms with E-state index in [9.17, 15) is 5.11 Å². The van der Waals surface area contributed by atoms with E-state index in [4.69, 9.17) is 9.47 Å². The number of hydrogen-bond acceptors (Lipinski definition) is 4. The first-order chi connectivity index (χ1) is 18.2. The van der Waals surface area contributed by atoms with Crippen LogP contribution in [0.15, 0.2) is 35.4 Å². The van der Waals surface area contributed by atoms with Crippen LogP contribution in [0, 0.1) is 28.6 Å². The highest BCUT2D eigenvalue weighted by atomic mass is 16.7. The van der Waals surface area contributed by atoms with Gasteiger partial charge in [0.2, 0.25) is 0 Å². The van der Waals surface area contributed by atoms with E-state index in [0.29, 0.717) is 23.7 Å². The van der Waals surface area contributed by atoms with E-state index < -0.39 is 5.60 Å². The van der Waals surface area contributed by atoms with Crippen molar-refractivity contribution >= 4 is 5.69 Å². The first-order valence-electron chi connectivity index (χ1n) is 15.7. The van der Waals surface area contributed by atoms with Crippen LogP contribution >= 0.6 is 0 Å². The Labute approximate surface area is 230 Å². The summed E-state index contributed by atoms with van der Waals surface area (Å²) in [5, 5.41) is 12.8. The van der Waals surface area contributed by atoms with Crippen molar-refractivity contribution in [2.45, 2.75) is 108 Å². The Morgan fingerprint density at radius 1 is 0.868 bits per heavy atom. The molecular weight excluding hydrogens is 470 g/mol. The zero-order valence-electron chi connectivity index (χ0n) is 24.2. The van der Waals surface area contributed by atoms with Gasteiger partial charge in [0.25, 0.3) is 0 Å². The molecule has 38 heavy (non-hydrogen) atoms. The molecule has 208 valence electrons. The molecular formula is C34H49NO3. The molecule has 4 saturated carbocycles. The zero-order valence-corrected chi connectivity index (χ0v) is 24.2. The fraction of sp³-hybridized carbons (Fsp3) is 0.765. The van der Waals surface area contributed by atoms with Crippen LogP contribution in [-0.4, -0.2) is 43.8 Å². The lowest BCUT2D eigenvalue weighted by Gasteiger charge is -2.59. The molecule has 0 amide bonds. The fourth-order valence-electron chi connectivity index (χ4n) is 10.9. The topological polar surface area (TPSA) is 41.9 Å². The average Bonchev–Trinajstić information content (AvgIpc) is 3.63. The van der Waals surface area contributed by atoms with Crippen molar-refractivity contribution in [3.63, 3.8) is 0 Å². The molecule has 5 aliphatic carbocycles. The minimum atomic E-state index is -0.557. The zero-order chi connectivity index (χ0) is 26.3. The summed E-state index contributed by atoms with van der Waals surface area (Å²) >= 11 is 0. The maximum absolute atomic E-state index is 12.8. The number of fused-ring (bicyclic) bond motifs is 4. The van der Waals surface area contributed by atoms with Crippen molar-refractivity contribution in [2.75, 3.05) is 32.2 Å². The van der Waals surface area contributed by atoms with Gasteiger partial charge in [0.05, 0.1) is 18.8 Å². The summed E-state index contributed by atoms with van der Waals surface area (Å²) in [6, 6.07) is 9.41. The lowest BCUT2D eigenvalue weighted by Crippen LogP contribution is -2.58. The van der Waals surface area contributed by atoms with Crippen LogP contribution < -0.4 is 4.90 Å². The molecule has 0 bridgehead atoms. The number of rotatable bonds is 3. The van der Waals surface area contributed by atoms with Gasteiger partial charge in [-0.2, -0.15) is 0 Å². The molecule has 7 rings (SSSR count). The second-order valence-corrected chi connectivity index (χ2v) is 14.6. The van der Waals surface area contributed by atoms with Gasteiger partial charge in [-0.1, -0.05) is 50.0 Å². The van der Waals surface area contributed by atoms with Gasteiger partial charge < -0.3 is 19.5 Å². The summed E-state index contributed by atoms with van der Waals surface area (Å²) in [6.07, 6.45) is 13.9. The molecule has 4 heteroatoms. The van der Waals surface area contributed by atoms with Crippen molar-refractivity contribution in [3.05, 3.63) is 41.0 Å². The minimum absolute atomic E-state index is 0.0356. The summed E-state index contributed by atoms with van der Waals surface area (Å²) in [6.45, 7) is 6.44. The van der Waals surface area contributed by atoms with Crippen molar-refractivity contribution in [2.24, 2.45) is 28.6 Å². The number of hydrogen-bond donors (Lipinski definition) is 1. The van der Waals surface area contributed by atoms with Crippen LogP contribution in [0.3, 0.4) is 0 Å². The summed E-state index contributed by atoms with van der Waals surface area (Å²) in [5.41, 5.74) is 5.71. The standard InChI is InChI=1S/C34H49NO3/c1-31(15-5-6-16-31)34(36)18-14-29-27-12-9-24-21-33(37-19-20-38-33)17-13-26(24)30(27)28(22-32(29,34)2)23-7-10-25(11-8-23)35(3)4/h7-8,10-11,24,27-29,36H,5-6,9,12-22H2,1-4H3/t24?,27-,28?,29-,32-,34-/m0/s1. The van der Waals surface area contributed by atoms with Crippen molar-refractivity contribution in [1.82, 2.24) is 0 Å². The molecule has 6 atom stereocenters. The Kier molecular flexibility index (Phi) is 5.94. The Balaban J connectivity index is 1.32. The quantitative estimate of drug-likeness (QED) is 0.428. The fourth-order valence-corrected chi connectivity index (χ4v) is 10.9. The van der Waals surface area contributed by atoms with E-state index in [1.807, 2.05) is 0 Å². The maximum Gasteiger partial charge on any atom is 0.169 e. The summed E-state index contributed by atoms with van der Waals surface area (Å²) < 4.78 is 12.4. The molecule has 1 aromatic rings. The van der Waals surface area contributed by atoms with Gasteiger partial charge in [0.1, 0.15) is 0 Å². The normalized spacial score (nSPS) is 41.2. The Morgan fingerprint density at radius 3 is 2.26 bits per heavy atom. The van der Waals surface area contributed by atoms with Crippen molar-refractivity contribution in [3.8, 4) is 0 Å². The van der Waals surface area contributed by atoms with Crippen LogP contribution in [0.1, 0.15) is 102 Å². The molecule has 2 unspecified atom stereocenters. The lowest BCUT2D eigenvalue weighted by molar-refractivity contribution is -0.183. The average molecular weight is 520 g/mol. The van der Waals surface area contributed by atoms with E-state index in [1.165, 1.54) is 56.2 Å². The van der Waals surface area contributed by atoms with Crippen molar-refractivity contribution in [1.29, 1.82) is 0 Å². The van der Waals surface area contributed by atoms with Gasteiger partial charge in [0.15, 0.2) is 5.79 Å². The van der Waals surface area contributed by atoms with Crippen LogP contribution in [0.25, 0.3) is 0 Å². The molecule has 1 spiro atoms. The second kappa shape index (κ2) is 8.82. The number of benzene rings is 1. The Hall–Kier alpha value is -1.36. The third-order valence-electron chi connectivity index (χ3n) is 12.8. The van der Waals surface area contributed by atoms with E-state index in [1.54, 1.807) is 11.1 Å². The maximum atomic E-state index is 12.8. The predicted molar refractivity (Wildman–Crippen MR) is 152 cm³/mol. The molecule has 1 aromatic carbocycles. The van der Waals surface area contributed by atoms with Gasteiger partial charge in [-0.15, -0.1) is 0 Å². The number of aliphatic hydroxyl groups is 1. The van der Waals surface area contributed by atoms with Gasteiger partial charge >= 0.3 is 0 Å². The molecule has 1 N–H and O–H groups in total. The molecule has 1 saturated heterocycles. The SMILES string of the molecule is CN(C)c1ccc(C2C[C@@]3(C)[C@@H](CC[C@]3(O)C3(C)CCCC3)[C@@H]3CCC4CC5(CCC4=C23)OCCO5)cc1. The molecule has 0 aromatic heterocycles.